The van der Waals surface area contributed by atoms with Gasteiger partial charge in [0.25, 0.3) is 0 Å². The maximum absolute atomic E-state index is 12.6. The molecule has 4 rings (SSSR count). The summed E-state index contributed by atoms with van der Waals surface area (Å²) in [5.74, 6) is 1.30. The number of aliphatic hydroxyl groups is 2. The molecular formula is C23H25N2O9PS. The van der Waals surface area contributed by atoms with E-state index in [9.17, 15) is 19.6 Å². The van der Waals surface area contributed by atoms with E-state index in [1.54, 1.807) is 0 Å². The van der Waals surface area contributed by atoms with Gasteiger partial charge in [0.15, 0.2) is 6.23 Å². The number of nitrogens with zero attached hydrogens (tertiary/aromatic N) is 1. The van der Waals surface area contributed by atoms with Crippen LogP contribution < -0.4 is 10.4 Å². The minimum atomic E-state index is -4.82. The van der Waals surface area contributed by atoms with Crippen molar-refractivity contribution in [3.8, 4) is 11.5 Å². The zero-order valence-electron chi connectivity index (χ0n) is 19.1. The van der Waals surface area contributed by atoms with E-state index in [1.165, 1.54) is 6.20 Å². The summed E-state index contributed by atoms with van der Waals surface area (Å²) in [6, 6.07) is 15.0. The Balaban J connectivity index is 1.54. The third-order valence-corrected chi connectivity index (χ3v) is 6.46. The average Bonchev–Trinajstić information content (AvgIpc) is 3.09. The Morgan fingerprint density at radius 1 is 1.11 bits per heavy atom. The number of aryl methyl sites for hydroxylation is 1. The lowest BCUT2D eigenvalue weighted by molar-refractivity contribution is -0.0543. The van der Waals surface area contributed by atoms with Crippen LogP contribution in [0.2, 0.25) is 0 Å². The minimum Gasteiger partial charge on any atom is -0.457 e. The number of hydrogen-bond donors (Lipinski definition) is 5. The Morgan fingerprint density at radius 2 is 1.83 bits per heavy atom. The Kier molecular flexibility index (Phi) is 7.88. The van der Waals surface area contributed by atoms with Crippen LogP contribution in [0.25, 0.3) is 0 Å². The molecule has 1 aliphatic rings. The number of benzene rings is 2. The summed E-state index contributed by atoms with van der Waals surface area (Å²) in [5, 5.41) is 20.7. The normalized spacial score (nSPS) is 22.0. The van der Waals surface area contributed by atoms with Crippen molar-refractivity contribution in [1.82, 2.24) is 9.55 Å². The first kappa shape index (κ1) is 26.4. The molecule has 1 saturated heterocycles. The fraction of sp³-hybridized carbons (Fsp3) is 0.304. The van der Waals surface area contributed by atoms with Crippen molar-refractivity contribution in [2.45, 2.75) is 37.9 Å². The molecule has 0 amide bonds. The molecule has 3 aromatic rings. The van der Waals surface area contributed by atoms with E-state index in [1.807, 2.05) is 55.5 Å². The summed E-state index contributed by atoms with van der Waals surface area (Å²) >= 11 is 5.32. The summed E-state index contributed by atoms with van der Waals surface area (Å²) in [6.07, 6.45) is -3.98. The highest BCUT2D eigenvalue weighted by molar-refractivity contribution is 7.71. The molecule has 1 fully saturated rings. The molecule has 13 heteroatoms. The van der Waals surface area contributed by atoms with Gasteiger partial charge < -0.3 is 29.5 Å². The predicted octanol–water partition coefficient (Wildman–Crippen LogP) is 2.33. The third-order valence-electron chi connectivity index (χ3n) is 5.61. The molecule has 0 unspecified atom stereocenters. The highest BCUT2D eigenvalue weighted by Crippen LogP contribution is 2.38. The maximum Gasteiger partial charge on any atom is 0.469 e. The number of hydrogen-bond acceptors (Lipinski definition) is 8. The zero-order valence-corrected chi connectivity index (χ0v) is 20.8. The van der Waals surface area contributed by atoms with Crippen LogP contribution in [-0.2, 0) is 20.2 Å². The van der Waals surface area contributed by atoms with Crippen LogP contribution >= 0.6 is 20.0 Å². The van der Waals surface area contributed by atoms with Crippen molar-refractivity contribution < 1.29 is 38.6 Å². The first-order valence-electron chi connectivity index (χ1n) is 10.9. The number of H-pyrrole nitrogens is 1. The fourth-order valence-corrected chi connectivity index (χ4v) is 4.34. The van der Waals surface area contributed by atoms with Gasteiger partial charge >= 0.3 is 13.5 Å². The first-order chi connectivity index (χ1) is 17.0. The molecule has 1 aromatic heterocycles. The molecule has 36 heavy (non-hydrogen) atoms. The Hall–Kier alpha value is -2.67. The fourth-order valence-electron chi connectivity index (χ4n) is 3.79. The second-order valence-corrected chi connectivity index (χ2v) is 10.0. The van der Waals surface area contributed by atoms with Crippen molar-refractivity contribution in [3.05, 3.63) is 86.5 Å². The van der Waals surface area contributed by atoms with Gasteiger partial charge in [0, 0.05) is 18.2 Å². The van der Waals surface area contributed by atoms with Gasteiger partial charge in [-0.25, -0.2) is 9.36 Å². The molecule has 1 aliphatic heterocycles. The molecule has 0 spiro atoms. The van der Waals surface area contributed by atoms with E-state index < -0.39 is 44.7 Å². The Bertz CT molecular complexity index is 1390. The minimum absolute atomic E-state index is 0.190. The van der Waals surface area contributed by atoms with Crippen molar-refractivity contribution in [2.24, 2.45) is 0 Å². The molecule has 5 N–H and O–H groups in total. The van der Waals surface area contributed by atoms with Crippen LogP contribution in [-0.4, -0.2) is 54.5 Å². The quantitative estimate of drug-likeness (QED) is 0.213. The van der Waals surface area contributed by atoms with Crippen LogP contribution in [0.5, 0.6) is 11.5 Å². The summed E-state index contributed by atoms with van der Waals surface area (Å²) in [6.45, 7) is 1.30. The topological polar surface area (TPSA) is 163 Å². The lowest BCUT2D eigenvalue weighted by Crippen LogP contribution is -2.36. The molecule has 0 saturated carbocycles. The summed E-state index contributed by atoms with van der Waals surface area (Å²) in [7, 11) is -4.82. The van der Waals surface area contributed by atoms with E-state index in [4.69, 9.17) is 31.5 Å². The molecule has 0 aliphatic carbocycles. The van der Waals surface area contributed by atoms with Crippen LogP contribution in [0, 0.1) is 11.6 Å². The third kappa shape index (κ3) is 6.36. The number of phosphoric acid groups is 1. The highest BCUT2D eigenvalue weighted by Gasteiger charge is 2.45. The second-order valence-electron chi connectivity index (χ2n) is 8.39. The van der Waals surface area contributed by atoms with Crippen molar-refractivity contribution >= 4 is 20.0 Å². The van der Waals surface area contributed by atoms with E-state index in [2.05, 4.69) is 9.51 Å². The number of ether oxygens (including phenoxy) is 2. The van der Waals surface area contributed by atoms with Crippen LogP contribution in [0.3, 0.4) is 0 Å². The first-order valence-corrected chi connectivity index (χ1v) is 12.8. The van der Waals surface area contributed by atoms with Crippen molar-refractivity contribution in [3.63, 3.8) is 0 Å². The average molecular weight is 536 g/mol. The van der Waals surface area contributed by atoms with Crippen LogP contribution in [0.15, 0.2) is 59.5 Å². The van der Waals surface area contributed by atoms with Crippen LogP contribution in [0.4, 0.5) is 0 Å². The number of aliphatic hydroxyl groups excluding tert-OH is 2. The van der Waals surface area contributed by atoms with Gasteiger partial charge in [-0.05, 0) is 36.8 Å². The molecule has 2 heterocycles. The number of phosphoric ester groups is 1. The largest absolute Gasteiger partial charge is 0.469 e. The van der Waals surface area contributed by atoms with E-state index in [0.717, 1.165) is 15.7 Å². The lowest BCUT2D eigenvalue weighted by atomic mass is 10.1. The van der Waals surface area contributed by atoms with E-state index in [-0.39, 0.29) is 4.64 Å². The van der Waals surface area contributed by atoms with E-state index >= 15 is 0 Å². The van der Waals surface area contributed by atoms with Gasteiger partial charge in [-0.1, -0.05) is 42.0 Å². The van der Waals surface area contributed by atoms with Gasteiger partial charge in [0.1, 0.15) is 34.5 Å². The smallest absolute Gasteiger partial charge is 0.457 e. The van der Waals surface area contributed by atoms with Gasteiger partial charge in [-0.2, -0.15) is 0 Å². The maximum atomic E-state index is 12.6. The zero-order chi connectivity index (χ0) is 26.0. The summed E-state index contributed by atoms with van der Waals surface area (Å²) in [5.41, 5.74) is 1.81. The molecule has 11 nitrogen and oxygen atoms in total. The van der Waals surface area contributed by atoms with Crippen molar-refractivity contribution in [1.29, 1.82) is 0 Å². The number of aromatic nitrogens is 2. The molecule has 0 radical (unpaired) electrons. The number of rotatable bonds is 8. The Morgan fingerprint density at radius 3 is 2.53 bits per heavy atom. The van der Waals surface area contributed by atoms with Gasteiger partial charge in [-0.15, -0.1) is 0 Å². The number of nitrogens with one attached hydrogen (secondary N) is 1. The molecule has 0 bridgehead atoms. The van der Waals surface area contributed by atoms with Crippen molar-refractivity contribution in [2.75, 3.05) is 6.61 Å². The SMILES string of the molecule is Cc1ccc(Oc2cccc(Cc3cn([C@@H]4O[C@H](COP(=O)(O)O)[C@@H](O)[C@H]4O)c(=O)[nH]c3=S)c2)cc1. The molecular weight excluding hydrogens is 511 g/mol. The van der Waals surface area contributed by atoms with Gasteiger partial charge in [0.2, 0.25) is 0 Å². The van der Waals surface area contributed by atoms with Gasteiger partial charge in [0.05, 0.1) is 6.61 Å². The standard InChI is InChI=1S/C23H25N2O9PS/c1-13-5-7-16(8-6-13)33-17-4-2-3-14(10-17)9-15-11-25(23(28)24-21(15)36)22-20(27)19(26)18(34-22)12-32-35(29,30)31/h2-8,10-11,18-20,22,26-27H,9,12H2,1H3,(H,24,28,36)(H2,29,30,31)/t18-,19-,20-,22-/m1/s1. The second kappa shape index (κ2) is 10.8. The molecule has 2 aromatic carbocycles. The Labute approximate surface area is 210 Å². The molecule has 4 atom stereocenters. The molecule has 192 valence electrons. The van der Waals surface area contributed by atoms with Crippen LogP contribution in [0.1, 0.15) is 22.9 Å². The number of aromatic amines is 1. The summed E-state index contributed by atoms with van der Waals surface area (Å²) in [4.78, 5) is 32.9. The predicted molar refractivity (Wildman–Crippen MR) is 130 cm³/mol. The monoisotopic (exact) mass is 536 g/mol. The lowest BCUT2D eigenvalue weighted by Gasteiger charge is -2.18. The summed E-state index contributed by atoms with van der Waals surface area (Å²) < 4.78 is 28.0. The van der Waals surface area contributed by atoms with Gasteiger partial charge in [-0.3, -0.25) is 14.1 Å². The highest BCUT2D eigenvalue weighted by atomic mass is 32.1. The van der Waals surface area contributed by atoms with E-state index in [0.29, 0.717) is 23.5 Å².